The zero-order valence-electron chi connectivity index (χ0n) is 10.2. The Morgan fingerprint density at radius 1 is 1.38 bits per heavy atom. The molecule has 3 heteroatoms. The Bertz CT molecular complexity index is 251. The maximum atomic E-state index is 12.0. The van der Waals surface area contributed by atoms with Gasteiger partial charge in [0.2, 0.25) is 0 Å². The van der Waals surface area contributed by atoms with E-state index in [0.29, 0.717) is 24.7 Å². The van der Waals surface area contributed by atoms with Crippen molar-refractivity contribution in [2.45, 2.75) is 45.4 Å². The first-order valence-corrected chi connectivity index (χ1v) is 6.40. The van der Waals surface area contributed by atoms with Gasteiger partial charge in [0.15, 0.2) is 0 Å². The van der Waals surface area contributed by atoms with E-state index in [0.717, 1.165) is 25.9 Å². The predicted octanol–water partition coefficient (Wildman–Crippen LogP) is 2.37. The van der Waals surface area contributed by atoms with E-state index >= 15 is 0 Å². The van der Waals surface area contributed by atoms with Gasteiger partial charge < -0.3 is 0 Å². The van der Waals surface area contributed by atoms with Gasteiger partial charge >= 0.3 is 0 Å². The molecule has 1 saturated carbocycles. The SMILES string of the molecule is CCN(CCC#N)CC(=O)C1CCCCC1. The number of ketones is 1. The van der Waals surface area contributed by atoms with Crippen LogP contribution in [-0.2, 0) is 4.79 Å². The van der Waals surface area contributed by atoms with Gasteiger partial charge in [-0.2, -0.15) is 5.26 Å². The van der Waals surface area contributed by atoms with Crippen molar-refractivity contribution < 1.29 is 4.79 Å². The average molecular weight is 222 g/mol. The number of rotatable bonds is 6. The minimum atomic E-state index is 0.296. The first-order chi connectivity index (χ1) is 7.77. The summed E-state index contributed by atoms with van der Waals surface area (Å²) in [5.41, 5.74) is 0. The maximum absolute atomic E-state index is 12.0. The fraction of sp³-hybridized carbons (Fsp3) is 0.846. The molecule has 0 aromatic carbocycles. The lowest BCUT2D eigenvalue weighted by atomic mass is 9.86. The van der Waals surface area contributed by atoms with Crippen LogP contribution in [0.15, 0.2) is 0 Å². The third-order valence-electron chi connectivity index (χ3n) is 3.43. The lowest BCUT2D eigenvalue weighted by molar-refractivity contribution is -0.124. The second kappa shape index (κ2) is 7.40. The molecule has 0 atom stereocenters. The van der Waals surface area contributed by atoms with Crippen LogP contribution in [0.4, 0.5) is 0 Å². The Morgan fingerprint density at radius 3 is 2.62 bits per heavy atom. The smallest absolute Gasteiger partial charge is 0.149 e. The number of hydrogen-bond donors (Lipinski definition) is 0. The number of nitriles is 1. The molecule has 1 aliphatic rings. The van der Waals surface area contributed by atoms with Gasteiger partial charge in [-0.15, -0.1) is 0 Å². The summed E-state index contributed by atoms with van der Waals surface area (Å²) >= 11 is 0. The van der Waals surface area contributed by atoms with Gasteiger partial charge in [0.1, 0.15) is 5.78 Å². The molecule has 3 nitrogen and oxygen atoms in total. The molecule has 0 heterocycles. The summed E-state index contributed by atoms with van der Waals surface area (Å²) in [6.45, 7) is 4.18. The third kappa shape index (κ3) is 4.32. The average Bonchev–Trinajstić information content (AvgIpc) is 2.35. The van der Waals surface area contributed by atoms with Crippen LogP contribution in [0.1, 0.15) is 45.4 Å². The molecule has 0 saturated heterocycles. The highest BCUT2D eigenvalue weighted by atomic mass is 16.1. The van der Waals surface area contributed by atoms with Crippen molar-refractivity contribution in [3.8, 4) is 6.07 Å². The second-order valence-electron chi connectivity index (χ2n) is 4.58. The van der Waals surface area contributed by atoms with Crippen LogP contribution in [-0.4, -0.2) is 30.3 Å². The second-order valence-corrected chi connectivity index (χ2v) is 4.58. The summed E-state index contributed by atoms with van der Waals surface area (Å²) in [4.78, 5) is 14.1. The van der Waals surface area contributed by atoms with Crippen molar-refractivity contribution >= 4 is 5.78 Å². The predicted molar refractivity (Wildman–Crippen MR) is 63.9 cm³/mol. The summed E-state index contributed by atoms with van der Waals surface area (Å²) in [7, 11) is 0. The molecule has 0 bridgehead atoms. The molecule has 0 unspecified atom stereocenters. The fourth-order valence-corrected chi connectivity index (χ4v) is 2.33. The summed E-state index contributed by atoms with van der Waals surface area (Å²) < 4.78 is 0. The Kier molecular flexibility index (Phi) is 6.10. The Labute approximate surface area is 98.4 Å². The van der Waals surface area contributed by atoms with E-state index in [-0.39, 0.29) is 0 Å². The highest BCUT2D eigenvalue weighted by Crippen LogP contribution is 2.24. The minimum Gasteiger partial charge on any atom is -0.298 e. The zero-order valence-corrected chi connectivity index (χ0v) is 10.2. The Hall–Kier alpha value is -0.880. The molecule has 0 amide bonds. The molecular weight excluding hydrogens is 200 g/mol. The van der Waals surface area contributed by atoms with E-state index in [2.05, 4.69) is 11.0 Å². The summed E-state index contributed by atoms with van der Waals surface area (Å²) in [6, 6.07) is 2.13. The highest BCUT2D eigenvalue weighted by molar-refractivity contribution is 5.83. The van der Waals surface area contributed by atoms with Crippen LogP contribution in [0.5, 0.6) is 0 Å². The Morgan fingerprint density at radius 2 is 2.06 bits per heavy atom. The lowest BCUT2D eigenvalue weighted by Crippen LogP contribution is -2.34. The van der Waals surface area contributed by atoms with Crippen LogP contribution < -0.4 is 0 Å². The molecule has 0 radical (unpaired) electrons. The normalized spacial score (nSPS) is 17.3. The maximum Gasteiger partial charge on any atom is 0.149 e. The van der Waals surface area contributed by atoms with Crippen molar-refractivity contribution in [1.82, 2.24) is 4.90 Å². The number of hydrogen-bond acceptors (Lipinski definition) is 3. The summed E-state index contributed by atoms with van der Waals surface area (Å²) in [5, 5.41) is 8.53. The number of Topliss-reactive ketones (excluding diaryl/α,β-unsaturated/α-hetero) is 1. The lowest BCUT2D eigenvalue weighted by Gasteiger charge is -2.24. The monoisotopic (exact) mass is 222 g/mol. The van der Waals surface area contributed by atoms with Gasteiger partial charge in [-0.25, -0.2) is 0 Å². The van der Waals surface area contributed by atoms with E-state index < -0.39 is 0 Å². The van der Waals surface area contributed by atoms with Crippen molar-refractivity contribution in [3.05, 3.63) is 0 Å². The van der Waals surface area contributed by atoms with Crippen molar-refractivity contribution in [1.29, 1.82) is 5.26 Å². The quantitative estimate of drug-likeness (QED) is 0.693. The van der Waals surface area contributed by atoms with Gasteiger partial charge in [-0.3, -0.25) is 9.69 Å². The first kappa shape index (κ1) is 13.2. The third-order valence-corrected chi connectivity index (χ3v) is 3.43. The molecule has 0 aromatic heterocycles. The van der Waals surface area contributed by atoms with Gasteiger partial charge in [0, 0.05) is 18.9 Å². The van der Waals surface area contributed by atoms with Crippen molar-refractivity contribution in [3.63, 3.8) is 0 Å². The molecule has 1 aliphatic carbocycles. The minimum absolute atomic E-state index is 0.296. The van der Waals surface area contributed by atoms with E-state index in [1.807, 2.05) is 6.92 Å². The molecular formula is C13H22N2O. The molecule has 1 fully saturated rings. The number of likely N-dealkylation sites (N-methyl/N-ethyl adjacent to an activating group) is 1. The van der Waals surface area contributed by atoms with Gasteiger partial charge in [0.25, 0.3) is 0 Å². The van der Waals surface area contributed by atoms with Gasteiger partial charge in [0.05, 0.1) is 12.6 Å². The molecule has 0 N–H and O–H groups in total. The van der Waals surface area contributed by atoms with E-state index in [4.69, 9.17) is 5.26 Å². The van der Waals surface area contributed by atoms with Gasteiger partial charge in [-0.1, -0.05) is 26.2 Å². The highest BCUT2D eigenvalue weighted by Gasteiger charge is 2.22. The molecule has 90 valence electrons. The molecule has 1 rings (SSSR count). The van der Waals surface area contributed by atoms with E-state index in [1.54, 1.807) is 0 Å². The van der Waals surface area contributed by atoms with Crippen LogP contribution in [0, 0.1) is 17.2 Å². The van der Waals surface area contributed by atoms with Crippen LogP contribution >= 0.6 is 0 Å². The Balaban J connectivity index is 2.32. The first-order valence-electron chi connectivity index (χ1n) is 6.40. The van der Waals surface area contributed by atoms with Crippen LogP contribution in [0.2, 0.25) is 0 Å². The topological polar surface area (TPSA) is 44.1 Å². The molecule has 0 aromatic rings. The van der Waals surface area contributed by atoms with Crippen LogP contribution in [0.3, 0.4) is 0 Å². The summed E-state index contributed by atoms with van der Waals surface area (Å²) in [5.74, 6) is 0.685. The number of carbonyl (C=O) groups excluding carboxylic acids is 1. The molecule has 16 heavy (non-hydrogen) atoms. The molecule has 0 spiro atoms. The van der Waals surface area contributed by atoms with Crippen molar-refractivity contribution in [2.24, 2.45) is 5.92 Å². The van der Waals surface area contributed by atoms with Crippen molar-refractivity contribution in [2.75, 3.05) is 19.6 Å². The van der Waals surface area contributed by atoms with E-state index in [1.165, 1.54) is 19.3 Å². The van der Waals surface area contributed by atoms with E-state index in [9.17, 15) is 4.79 Å². The summed E-state index contributed by atoms with van der Waals surface area (Å²) in [6.07, 6.45) is 6.38. The fourth-order valence-electron chi connectivity index (χ4n) is 2.33. The number of carbonyl (C=O) groups is 1. The molecule has 0 aliphatic heterocycles. The standard InChI is InChI=1S/C13H22N2O/c1-2-15(10-6-9-14)11-13(16)12-7-4-3-5-8-12/h12H,2-8,10-11H2,1H3. The van der Waals surface area contributed by atoms with Crippen LogP contribution in [0.25, 0.3) is 0 Å². The number of nitrogens with zero attached hydrogens (tertiary/aromatic N) is 2. The zero-order chi connectivity index (χ0) is 11.8. The largest absolute Gasteiger partial charge is 0.298 e. The van der Waals surface area contributed by atoms with Gasteiger partial charge in [-0.05, 0) is 19.4 Å².